The van der Waals surface area contributed by atoms with Crippen LogP contribution in [0.5, 0.6) is 0 Å². The number of nitrogens with zero attached hydrogens (tertiary/aromatic N) is 1. The fourth-order valence-corrected chi connectivity index (χ4v) is 7.36. The van der Waals surface area contributed by atoms with Gasteiger partial charge in [-0.05, 0) is 75.4 Å². The summed E-state index contributed by atoms with van der Waals surface area (Å²) < 4.78 is 29.5. The highest BCUT2D eigenvalue weighted by Crippen LogP contribution is 2.57. The first-order valence-electron chi connectivity index (χ1n) is 10.6. The summed E-state index contributed by atoms with van der Waals surface area (Å²) in [6.07, 6.45) is 4.77. The molecular weight excluding hydrogens is 382 g/mol. The van der Waals surface area contributed by atoms with Gasteiger partial charge in [-0.1, -0.05) is 42.3 Å². The standard InChI is InChI=1S/C23H31N3O2S/c1-17-9-11-19(12-10-17)29(27,28)26-21-8-3-2-7-20(21)23(14-5-15-24)13-4-6-18(16-25)22(23)26/h2-3,7-12,18,22H,4-6,13-16,24-25H2,1H3/t18-,22-,23+/m0/s1. The topological polar surface area (TPSA) is 89.4 Å². The van der Waals surface area contributed by atoms with Gasteiger partial charge in [-0.3, -0.25) is 4.31 Å². The maximum atomic E-state index is 13.9. The van der Waals surface area contributed by atoms with Gasteiger partial charge in [0.05, 0.1) is 16.6 Å². The Kier molecular flexibility index (Phi) is 5.44. The lowest BCUT2D eigenvalue weighted by Crippen LogP contribution is -2.55. The van der Waals surface area contributed by atoms with Gasteiger partial charge < -0.3 is 11.5 Å². The molecule has 0 aromatic heterocycles. The quantitative estimate of drug-likeness (QED) is 0.760. The minimum atomic E-state index is -3.70. The Labute approximate surface area is 174 Å². The van der Waals surface area contributed by atoms with Crippen molar-refractivity contribution in [2.45, 2.75) is 55.4 Å². The number of aryl methyl sites for hydroxylation is 1. The predicted octanol–water partition coefficient (Wildman–Crippen LogP) is 3.31. The van der Waals surface area contributed by atoms with Crippen LogP contribution >= 0.6 is 0 Å². The van der Waals surface area contributed by atoms with Gasteiger partial charge >= 0.3 is 0 Å². The monoisotopic (exact) mass is 413 g/mol. The zero-order valence-corrected chi connectivity index (χ0v) is 17.9. The fourth-order valence-electron chi connectivity index (χ4n) is 5.56. The summed E-state index contributed by atoms with van der Waals surface area (Å²) in [7, 11) is -3.70. The molecule has 0 radical (unpaired) electrons. The molecule has 2 aromatic rings. The van der Waals surface area contributed by atoms with Crippen molar-refractivity contribution in [3.05, 3.63) is 59.7 Å². The number of benzene rings is 2. The van der Waals surface area contributed by atoms with Crippen LogP contribution in [-0.4, -0.2) is 27.5 Å². The van der Waals surface area contributed by atoms with Crippen LogP contribution in [0.25, 0.3) is 0 Å². The van der Waals surface area contributed by atoms with Crippen LogP contribution in [0.3, 0.4) is 0 Å². The summed E-state index contributed by atoms with van der Waals surface area (Å²) in [6, 6.07) is 15.0. The van der Waals surface area contributed by atoms with Crippen molar-refractivity contribution in [1.82, 2.24) is 0 Å². The molecule has 1 aliphatic carbocycles. The van der Waals surface area contributed by atoms with Crippen LogP contribution < -0.4 is 15.8 Å². The fraction of sp³-hybridized carbons (Fsp3) is 0.478. The highest BCUT2D eigenvalue weighted by atomic mass is 32.2. The van der Waals surface area contributed by atoms with Crippen LogP contribution in [0.4, 0.5) is 5.69 Å². The lowest BCUT2D eigenvalue weighted by molar-refractivity contribution is 0.185. The highest BCUT2D eigenvalue weighted by Gasteiger charge is 2.57. The van der Waals surface area contributed by atoms with Gasteiger partial charge in [0.2, 0.25) is 0 Å². The lowest BCUT2D eigenvalue weighted by atomic mass is 9.62. The van der Waals surface area contributed by atoms with E-state index in [9.17, 15) is 8.42 Å². The van der Waals surface area contributed by atoms with Gasteiger partial charge in [-0.15, -0.1) is 0 Å². The van der Waals surface area contributed by atoms with Gasteiger partial charge in [-0.25, -0.2) is 8.42 Å². The molecule has 5 nitrogen and oxygen atoms in total. The molecular formula is C23H31N3O2S. The molecule has 1 heterocycles. The lowest BCUT2D eigenvalue weighted by Gasteiger charge is -2.47. The molecule has 0 bridgehead atoms. The second kappa shape index (κ2) is 7.74. The second-order valence-electron chi connectivity index (χ2n) is 8.51. The molecule has 1 saturated carbocycles. The zero-order valence-electron chi connectivity index (χ0n) is 17.0. The number of rotatable bonds is 6. The number of hydrogen-bond acceptors (Lipinski definition) is 4. The normalized spacial score (nSPS) is 26.2. The minimum absolute atomic E-state index is 0.133. The SMILES string of the molecule is Cc1ccc(S(=O)(=O)N2c3ccccc3[C@]3(CCCN)CCC[C@@H](CN)[C@H]23)cc1. The summed E-state index contributed by atoms with van der Waals surface area (Å²) in [5.41, 5.74) is 14.9. The Hall–Kier alpha value is -1.89. The molecule has 0 unspecified atom stereocenters. The Bertz CT molecular complexity index is 974. The van der Waals surface area contributed by atoms with Crippen LogP contribution in [0, 0.1) is 12.8 Å². The molecule has 0 amide bonds. The zero-order chi connectivity index (χ0) is 20.6. The first-order chi connectivity index (χ1) is 14.0. The van der Waals surface area contributed by atoms with E-state index < -0.39 is 10.0 Å². The van der Waals surface area contributed by atoms with E-state index in [0.717, 1.165) is 48.9 Å². The van der Waals surface area contributed by atoms with E-state index in [1.807, 2.05) is 37.3 Å². The molecule has 2 aromatic carbocycles. The summed E-state index contributed by atoms with van der Waals surface area (Å²) in [5.74, 6) is 0.133. The van der Waals surface area contributed by atoms with E-state index in [0.29, 0.717) is 18.0 Å². The van der Waals surface area contributed by atoms with Crippen LogP contribution in [0.15, 0.2) is 53.4 Å². The van der Waals surface area contributed by atoms with Crippen molar-refractivity contribution in [3.63, 3.8) is 0 Å². The summed E-state index contributed by atoms with van der Waals surface area (Å²) >= 11 is 0. The van der Waals surface area contributed by atoms with E-state index in [4.69, 9.17) is 11.5 Å². The van der Waals surface area contributed by atoms with E-state index in [2.05, 4.69) is 6.07 Å². The third-order valence-electron chi connectivity index (χ3n) is 6.85. The largest absolute Gasteiger partial charge is 0.330 e. The molecule has 6 heteroatoms. The average Bonchev–Trinajstić information content (AvgIpc) is 3.04. The van der Waals surface area contributed by atoms with E-state index >= 15 is 0 Å². The number of anilines is 1. The first-order valence-corrected chi connectivity index (χ1v) is 12.0. The van der Waals surface area contributed by atoms with E-state index in [1.54, 1.807) is 16.4 Å². The molecule has 4 N–H and O–H groups in total. The average molecular weight is 414 g/mol. The van der Waals surface area contributed by atoms with Gasteiger partial charge in [0.1, 0.15) is 0 Å². The molecule has 2 aliphatic rings. The number of hydrogen-bond donors (Lipinski definition) is 2. The van der Waals surface area contributed by atoms with Gasteiger partial charge in [0.25, 0.3) is 10.0 Å². The maximum absolute atomic E-state index is 13.9. The van der Waals surface area contributed by atoms with Crippen molar-refractivity contribution in [2.75, 3.05) is 17.4 Å². The van der Waals surface area contributed by atoms with E-state index in [-0.39, 0.29) is 17.4 Å². The molecule has 1 aliphatic heterocycles. The van der Waals surface area contributed by atoms with Crippen molar-refractivity contribution in [2.24, 2.45) is 17.4 Å². The maximum Gasteiger partial charge on any atom is 0.264 e. The number of para-hydroxylation sites is 1. The van der Waals surface area contributed by atoms with Crippen molar-refractivity contribution in [3.8, 4) is 0 Å². The van der Waals surface area contributed by atoms with Crippen LogP contribution in [0.2, 0.25) is 0 Å². The van der Waals surface area contributed by atoms with Crippen LogP contribution in [0.1, 0.15) is 43.2 Å². The number of nitrogens with two attached hydrogens (primary N) is 2. The molecule has 4 rings (SSSR count). The molecule has 1 fully saturated rings. The Morgan fingerprint density at radius 3 is 2.52 bits per heavy atom. The van der Waals surface area contributed by atoms with Gasteiger partial charge in [0, 0.05) is 5.41 Å². The van der Waals surface area contributed by atoms with Crippen molar-refractivity contribution < 1.29 is 8.42 Å². The second-order valence-corrected chi connectivity index (χ2v) is 10.3. The Balaban J connectivity index is 1.92. The van der Waals surface area contributed by atoms with Crippen LogP contribution in [-0.2, 0) is 15.4 Å². The number of sulfonamides is 1. The third kappa shape index (κ3) is 3.18. The highest BCUT2D eigenvalue weighted by molar-refractivity contribution is 7.92. The molecule has 0 spiro atoms. The summed E-state index contributed by atoms with van der Waals surface area (Å²) in [6.45, 7) is 3.06. The molecule has 3 atom stereocenters. The first kappa shape index (κ1) is 20.4. The van der Waals surface area contributed by atoms with Crippen molar-refractivity contribution >= 4 is 15.7 Å². The summed E-state index contributed by atoms with van der Waals surface area (Å²) in [4.78, 5) is 0.342. The summed E-state index contributed by atoms with van der Waals surface area (Å²) in [5, 5.41) is 0. The minimum Gasteiger partial charge on any atom is -0.330 e. The smallest absolute Gasteiger partial charge is 0.264 e. The molecule has 29 heavy (non-hydrogen) atoms. The Morgan fingerprint density at radius 1 is 1.10 bits per heavy atom. The van der Waals surface area contributed by atoms with Gasteiger partial charge in [-0.2, -0.15) is 0 Å². The number of fused-ring (bicyclic) bond motifs is 3. The van der Waals surface area contributed by atoms with E-state index in [1.165, 1.54) is 0 Å². The predicted molar refractivity (Wildman–Crippen MR) is 117 cm³/mol. The van der Waals surface area contributed by atoms with Crippen molar-refractivity contribution in [1.29, 1.82) is 0 Å². The third-order valence-corrected chi connectivity index (χ3v) is 8.66. The molecule has 156 valence electrons. The molecule has 0 saturated heterocycles. The van der Waals surface area contributed by atoms with Gasteiger partial charge in [0.15, 0.2) is 0 Å². The Morgan fingerprint density at radius 2 is 1.83 bits per heavy atom.